The van der Waals surface area contributed by atoms with Crippen molar-refractivity contribution in [1.82, 2.24) is 24.3 Å². The summed E-state index contributed by atoms with van der Waals surface area (Å²) in [6, 6.07) is 7.51. The lowest BCUT2D eigenvalue weighted by molar-refractivity contribution is 0.356. The van der Waals surface area contributed by atoms with E-state index < -0.39 is 17.1 Å². The molecule has 0 saturated carbocycles. The van der Waals surface area contributed by atoms with Crippen molar-refractivity contribution in [3.05, 3.63) is 71.2 Å². The van der Waals surface area contributed by atoms with Crippen LogP contribution in [-0.4, -0.2) is 35.0 Å². The van der Waals surface area contributed by atoms with E-state index in [-0.39, 0.29) is 24.5 Å². The van der Waals surface area contributed by atoms with Crippen molar-refractivity contribution in [3.63, 3.8) is 0 Å². The Morgan fingerprint density at radius 1 is 1.18 bits per heavy atom. The molecule has 12 heteroatoms. The topological polar surface area (TPSA) is 114 Å². The van der Waals surface area contributed by atoms with E-state index in [1.807, 2.05) is 0 Å². The fourth-order valence-electron chi connectivity index (χ4n) is 3.83. The van der Waals surface area contributed by atoms with Crippen LogP contribution < -0.4 is 14.8 Å². The Kier molecular flexibility index (Phi) is 5.70. The molecule has 33 heavy (non-hydrogen) atoms. The van der Waals surface area contributed by atoms with Gasteiger partial charge in [-0.25, -0.2) is 22.7 Å². The molecule has 2 aromatic carbocycles. The van der Waals surface area contributed by atoms with Gasteiger partial charge in [0, 0.05) is 48.0 Å². The van der Waals surface area contributed by atoms with Gasteiger partial charge in [0.05, 0.1) is 6.61 Å². The van der Waals surface area contributed by atoms with Crippen LogP contribution in [0.15, 0.2) is 42.9 Å². The second kappa shape index (κ2) is 8.81. The van der Waals surface area contributed by atoms with Crippen molar-refractivity contribution in [1.29, 1.82) is 0 Å². The first-order valence-corrected chi connectivity index (χ1v) is 11.1. The molecule has 170 valence electrons. The molecule has 0 spiro atoms. The molecule has 4 aromatic rings. The van der Waals surface area contributed by atoms with Gasteiger partial charge in [-0.1, -0.05) is 12.1 Å². The Morgan fingerprint density at radius 3 is 2.88 bits per heavy atom. The molecule has 0 aliphatic carbocycles. The van der Waals surface area contributed by atoms with Gasteiger partial charge in [-0.05, 0) is 23.8 Å². The standard InChI is InChI=1S/C21H18F2N6O3S/c22-17-3-4-19-14(5-6-32-19)16(17)10-25-21-24-9-15(20-28-26-11-29(20)21)12-1-2-13(18(23)7-12)8-27-33(30)31/h1-4,7,9,11,27H,5-6,8,10H2,(H,24,25)(H,30,31). The smallest absolute Gasteiger partial charge is 0.232 e. The first kappa shape index (κ1) is 21.4. The number of rotatable bonds is 7. The number of halogens is 2. The second-order valence-corrected chi connectivity index (χ2v) is 8.14. The number of hydrogen-bond donors (Lipinski definition) is 3. The van der Waals surface area contributed by atoms with E-state index in [2.05, 4.69) is 25.2 Å². The summed E-state index contributed by atoms with van der Waals surface area (Å²) < 4.78 is 57.9. The molecule has 0 saturated heterocycles. The number of nitrogens with zero attached hydrogens (tertiary/aromatic N) is 4. The highest BCUT2D eigenvalue weighted by atomic mass is 32.2. The van der Waals surface area contributed by atoms with Gasteiger partial charge >= 0.3 is 0 Å². The zero-order chi connectivity index (χ0) is 22.9. The zero-order valence-corrected chi connectivity index (χ0v) is 17.9. The van der Waals surface area contributed by atoms with Crippen molar-refractivity contribution in [3.8, 4) is 16.9 Å². The summed E-state index contributed by atoms with van der Waals surface area (Å²) in [7, 11) is 0. The molecular formula is C21H18F2N6O3S. The third-order valence-electron chi connectivity index (χ3n) is 5.45. The lowest BCUT2D eigenvalue weighted by Gasteiger charge is -2.13. The van der Waals surface area contributed by atoms with Gasteiger partial charge in [0.15, 0.2) is 5.65 Å². The van der Waals surface area contributed by atoms with Gasteiger partial charge in [-0.15, -0.1) is 10.2 Å². The van der Waals surface area contributed by atoms with E-state index in [1.54, 1.807) is 16.5 Å². The summed E-state index contributed by atoms with van der Waals surface area (Å²) in [4.78, 5) is 4.42. The van der Waals surface area contributed by atoms with Crippen molar-refractivity contribution in [2.75, 3.05) is 11.9 Å². The van der Waals surface area contributed by atoms with Crippen LogP contribution in [0.4, 0.5) is 14.7 Å². The lowest BCUT2D eigenvalue weighted by Crippen LogP contribution is -2.16. The Labute approximate surface area is 189 Å². The third-order valence-corrected chi connectivity index (χ3v) is 5.84. The van der Waals surface area contributed by atoms with Gasteiger partial charge in [0.25, 0.3) is 0 Å². The van der Waals surface area contributed by atoms with Gasteiger partial charge in [0.1, 0.15) is 23.7 Å². The minimum atomic E-state index is -2.23. The second-order valence-electron chi connectivity index (χ2n) is 7.35. The molecule has 0 fully saturated rings. The highest BCUT2D eigenvalue weighted by molar-refractivity contribution is 7.77. The Balaban J connectivity index is 1.43. The molecule has 1 atom stereocenters. The molecule has 1 aliphatic rings. The summed E-state index contributed by atoms with van der Waals surface area (Å²) in [6.45, 7) is 0.625. The van der Waals surface area contributed by atoms with Gasteiger partial charge in [0.2, 0.25) is 17.2 Å². The normalized spacial score (nSPS) is 13.7. The fourth-order valence-corrected chi connectivity index (χ4v) is 4.10. The monoisotopic (exact) mass is 472 g/mol. The zero-order valence-electron chi connectivity index (χ0n) is 17.1. The summed E-state index contributed by atoms with van der Waals surface area (Å²) in [5.74, 6) is 0.234. The molecule has 1 unspecified atom stereocenters. The van der Waals surface area contributed by atoms with E-state index in [0.29, 0.717) is 47.1 Å². The van der Waals surface area contributed by atoms with Gasteiger partial charge < -0.3 is 10.1 Å². The molecule has 3 heterocycles. The minimum Gasteiger partial charge on any atom is -0.493 e. The average Bonchev–Trinajstić information content (AvgIpc) is 3.47. The van der Waals surface area contributed by atoms with Crippen molar-refractivity contribution in [2.45, 2.75) is 19.5 Å². The van der Waals surface area contributed by atoms with Crippen molar-refractivity contribution >= 4 is 22.9 Å². The highest BCUT2D eigenvalue weighted by Gasteiger charge is 2.20. The molecule has 0 radical (unpaired) electrons. The summed E-state index contributed by atoms with van der Waals surface area (Å²) in [6.07, 6.45) is 3.65. The van der Waals surface area contributed by atoms with E-state index >= 15 is 0 Å². The first-order chi connectivity index (χ1) is 16.0. The maximum atomic E-state index is 14.5. The quantitative estimate of drug-likeness (QED) is 0.355. The largest absolute Gasteiger partial charge is 0.493 e. The number of fused-ring (bicyclic) bond motifs is 2. The van der Waals surface area contributed by atoms with Crippen LogP contribution in [0.2, 0.25) is 0 Å². The number of hydrogen-bond acceptors (Lipinski definition) is 6. The molecule has 2 aromatic heterocycles. The van der Waals surface area contributed by atoms with Crippen LogP contribution in [-0.2, 0) is 30.8 Å². The fraction of sp³-hybridized carbons (Fsp3) is 0.190. The Bertz CT molecular complexity index is 1380. The van der Waals surface area contributed by atoms with Crippen molar-refractivity contribution in [2.24, 2.45) is 0 Å². The Morgan fingerprint density at radius 2 is 2.06 bits per heavy atom. The van der Waals surface area contributed by atoms with Crippen LogP contribution in [0.1, 0.15) is 16.7 Å². The van der Waals surface area contributed by atoms with Crippen LogP contribution >= 0.6 is 0 Å². The van der Waals surface area contributed by atoms with E-state index in [0.717, 1.165) is 5.56 Å². The Hall–Kier alpha value is -3.48. The minimum absolute atomic E-state index is 0.0958. The molecule has 0 amide bonds. The molecule has 1 aliphatic heterocycles. The number of benzene rings is 2. The maximum Gasteiger partial charge on any atom is 0.232 e. The molecule has 0 bridgehead atoms. The van der Waals surface area contributed by atoms with Crippen molar-refractivity contribution < 1.29 is 22.3 Å². The summed E-state index contributed by atoms with van der Waals surface area (Å²) in [5, 5.41) is 11.2. The molecular weight excluding hydrogens is 454 g/mol. The van der Waals surface area contributed by atoms with E-state index in [9.17, 15) is 13.0 Å². The third kappa shape index (κ3) is 4.15. The van der Waals surface area contributed by atoms with Gasteiger partial charge in [-0.3, -0.25) is 8.95 Å². The predicted octanol–water partition coefficient (Wildman–Crippen LogP) is 2.84. The summed E-state index contributed by atoms with van der Waals surface area (Å²) in [5.41, 5.74) is 3.11. The van der Waals surface area contributed by atoms with Crippen LogP contribution in [0.3, 0.4) is 0 Å². The highest BCUT2D eigenvalue weighted by Crippen LogP contribution is 2.31. The van der Waals surface area contributed by atoms with Crippen LogP contribution in [0.5, 0.6) is 5.75 Å². The average molecular weight is 472 g/mol. The number of aromatic nitrogens is 4. The van der Waals surface area contributed by atoms with Gasteiger partial charge in [-0.2, -0.15) is 0 Å². The molecule has 9 nitrogen and oxygen atoms in total. The molecule has 3 N–H and O–H groups in total. The molecule has 5 rings (SSSR count). The SMILES string of the molecule is O=S(O)NCc1ccc(-c2cnc(NCc3c(F)ccc4c3CCO4)n3cnnc23)cc1F. The summed E-state index contributed by atoms with van der Waals surface area (Å²) >= 11 is -2.23. The maximum absolute atomic E-state index is 14.5. The predicted molar refractivity (Wildman–Crippen MR) is 117 cm³/mol. The van der Waals surface area contributed by atoms with Crippen LogP contribution in [0.25, 0.3) is 16.8 Å². The number of ether oxygens (including phenoxy) is 1. The van der Waals surface area contributed by atoms with Crippen LogP contribution in [0, 0.1) is 11.6 Å². The number of nitrogens with one attached hydrogen (secondary N) is 2. The van der Waals surface area contributed by atoms with E-state index in [1.165, 1.54) is 30.7 Å². The lowest BCUT2D eigenvalue weighted by atomic mass is 10.0. The number of anilines is 1. The van der Waals surface area contributed by atoms with E-state index in [4.69, 9.17) is 9.29 Å². The first-order valence-electron chi connectivity index (χ1n) is 10.00.